The van der Waals surface area contributed by atoms with Crippen molar-refractivity contribution in [3.05, 3.63) is 0 Å². The van der Waals surface area contributed by atoms with E-state index >= 15 is 0 Å². The Morgan fingerprint density at radius 2 is 1.50 bits per heavy atom. The van der Waals surface area contributed by atoms with Gasteiger partial charge in [-0.2, -0.15) is 0 Å². The number of hydrogen-bond acceptors (Lipinski definition) is 3. The third-order valence-corrected chi connectivity index (χ3v) is 0.771. The molecular formula is C5H19CaClNO5P. The fraction of sp³-hybridized carbons (Fsp3) is 1.00. The summed E-state index contributed by atoms with van der Waals surface area (Å²) in [6, 6.07) is 0. The van der Waals surface area contributed by atoms with Crippen LogP contribution in [0.25, 0.3) is 0 Å². The molecule has 88 valence electrons. The Hall–Kier alpha value is 1.58. The minimum atomic E-state index is -4.89. The van der Waals surface area contributed by atoms with Crippen LogP contribution in [0.15, 0.2) is 0 Å². The van der Waals surface area contributed by atoms with Crippen molar-refractivity contribution in [3.8, 4) is 0 Å². The molecule has 0 spiro atoms. The summed E-state index contributed by atoms with van der Waals surface area (Å²) in [7, 11) is 1.27. The molecule has 3 N–H and O–H groups in total. The van der Waals surface area contributed by atoms with Crippen molar-refractivity contribution < 1.29 is 28.8 Å². The van der Waals surface area contributed by atoms with Crippen LogP contribution in [0.4, 0.5) is 0 Å². The van der Waals surface area contributed by atoms with E-state index in [1.807, 2.05) is 0 Å². The van der Waals surface area contributed by atoms with Gasteiger partial charge in [0.15, 0.2) is 0 Å². The standard InChI is InChI=1S/C5H14NO.Ca.ClH.H3O4P.2H/c1-6(2,3)4-5-7;;;1-5(2,3)4;;/h7H,4-5H2,1-3H3;;1H;(H3,1,2,3,4);;/q+1;;;;;/p-1. The summed E-state index contributed by atoms with van der Waals surface area (Å²) >= 11 is 0. The molecule has 0 aliphatic heterocycles. The van der Waals surface area contributed by atoms with Crippen molar-refractivity contribution in [1.82, 2.24) is 0 Å². The normalized spacial score (nSPS) is 10.2. The van der Waals surface area contributed by atoms with Gasteiger partial charge in [-0.1, -0.05) is 0 Å². The number of aliphatic hydroxyl groups excluding tert-OH is 1. The zero-order chi connectivity index (χ0) is 10.4. The number of nitrogens with zero attached hydrogens (tertiary/aromatic N) is 1. The molecule has 14 heavy (non-hydrogen) atoms. The van der Waals surface area contributed by atoms with E-state index in [2.05, 4.69) is 21.1 Å². The van der Waals surface area contributed by atoms with Gasteiger partial charge in [0.1, 0.15) is 6.54 Å². The molecule has 0 amide bonds. The maximum atomic E-state index is 8.77. The number of rotatable bonds is 2. The van der Waals surface area contributed by atoms with Crippen molar-refractivity contribution >= 4 is 58.0 Å². The summed E-state index contributed by atoms with van der Waals surface area (Å²) in [5.74, 6) is 0. The van der Waals surface area contributed by atoms with Gasteiger partial charge in [-0.3, -0.25) is 4.57 Å². The second-order valence-corrected chi connectivity index (χ2v) is 4.21. The average molecular weight is 280 g/mol. The van der Waals surface area contributed by atoms with Gasteiger partial charge in [-0.15, -0.1) is 12.4 Å². The third kappa shape index (κ3) is 69.0. The second-order valence-electron chi connectivity index (χ2n) is 3.23. The predicted octanol–water partition coefficient (Wildman–Crippen LogP) is -2.37. The fourth-order valence-electron chi connectivity index (χ4n) is 0.300. The summed E-state index contributed by atoms with van der Waals surface area (Å²) in [4.78, 5) is 22.9. The molecule has 6 nitrogen and oxygen atoms in total. The molecule has 0 bridgehead atoms. The van der Waals surface area contributed by atoms with E-state index in [9.17, 15) is 0 Å². The second kappa shape index (κ2) is 11.1. The van der Waals surface area contributed by atoms with Crippen LogP contribution in [0.1, 0.15) is 0 Å². The molecule has 0 heterocycles. The molecule has 0 saturated carbocycles. The molecule has 0 saturated heterocycles. The number of phosphoric acid groups is 1. The van der Waals surface area contributed by atoms with Gasteiger partial charge in [-0.25, -0.2) is 0 Å². The Bertz CT molecular complexity index is 150. The average Bonchev–Trinajstić information content (AvgIpc) is 1.54. The molecule has 0 aromatic heterocycles. The first-order valence-electron chi connectivity index (χ1n) is 3.24. The van der Waals surface area contributed by atoms with Crippen molar-refractivity contribution in [2.75, 3.05) is 34.3 Å². The summed E-state index contributed by atoms with van der Waals surface area (Å²) in [6.07, 6.45) is 0. The van der Waals surface area contributed by atoms with E-state index in [-0.39, 0.29) is 56.8 Å². The van der Waals surface area contributed by atoms with Crippen molar-refractivity contribution in [2.45, 2.75) is 0 Å². The Morgan fingerprint density at radius 3 is 1.50 bits per heavy atom. The first-order chi connectivity index (χ1) is 5.06. The van der Waals surface area contributed by atoms with E-state index in [4.69, 9.17) is 24.4 Å². The maximum absolute atomic E-state index is 8.77. The van der Waals surface area contributed by atoms with Crippen LogP contribution >= 0.6 is 20.2 Å². The summed E-state index contributed by atoms with van der Waals surface area (Å²) in [6.45, 7) is 1.11. The Morgan fingerprint density at radius 1 is 1.29 bits per heavy atom. The van der Waals surface area contributed by atoms with Crippen molar-refractivity contribution in [2.24, 2.45) is 0 Å². The van der Waals surface area contributed by atoms with Crippen molar-refractivity contribution in [1.29, 1.82) is 0 Å². The van der Waals surface area contributed by atoms with E-state index in [1.165, 1.54) is 0 Å². The zero-order valence-electron chi connectivity index (χ0n) is 7.88. The van der Waals surface area contributed by atoms with Gasteiger partial charge in [0.25, 0.3) is 7.82 Å². The van der Waals surface area contributed by atoms with Crippen LogP contribution < -0.4 is 4.89 Å². The van der Waals surface area contributed by atoms with Gasteiger partial charge >= 0.3 is 37.7 Å². The topological polar surface area (TPSA) is 101 Å². The van der Waals surface area contributed by atoms with Crippen LogP contribution in [-0.2, 0) is 4.57 Å². The van der Waals surface area contributed by atoms with E-state index in [0.717, 1.165) is 11.0 Å². The molecule has 0 atom stereocenters. The Balaban J connectivity index is -0.0000000651. The summed E-state index contributed by atoms with van der Waals surface area (Å²) in [5.41, 5.74) is 0. The molecule has 0 aliphatic carbocycles. The van der Waals surface area contributed by atoms with Crippen molar-refractivity contribution in [3.63, 3.8) is 0 Å². The van der Waals surface area contributed by atoms with Gasteiger partial charge < -0.3 is 24.3 Å². The zero-order valence-corrected chi connectivity index (χ0v) is 9.59. The first-order valence-corrected chi connectivity index (χ1v) is 4.77. The fourth-order valence-corrected chi connectivity index (χ4v) is 0.300. The summed E-state index contributed by atoms with van der Waals surface area (Å²) in [5, 5.41) is 8.39. The SMILES string of the molecule is C[N+](C)(C)CCO.Cl.O=P([O-])(O)O.[CaH2]. The molecule has 0 rings (SSSR count). The Kier molecular flexibility index (Phi) is 19.5. The van der Waals surface area contributed by atoms with E-state index in [1.54, 1.807) is 0 Å². The molecule has 0 aromatic rings. The molecule has 0 unspecified atom stereocenters. The molecule has 0 fully saturated rings. The van der Waals surface area contributed by atoms with Gasteiger partial charge in [0, 0.05) is 0 Å². The molecule has 0 radical (unpaired) electrons. The first kappa shape index (κ1) is 24.7. The number of aliphatic hydroxyl groups is 1. The monoisotopic (exact) mass is 279 g/mol. The Labute approximate surface area is 120 Å². The number of halogens is 1. The summed E-state index contributed by atoms with van der Waals surface area (Å²) < 4.78 is 9.61. The predicted molar refractivity (Wildman–Crippen MR) is 57.8 cm³/mol. The van der Waals surface area contributed by atoms with Crippen LogP contribution in [-0.4, -0.2) is 91.4 Å². The van der Waals surface area contributed by atoms with Crippen LogP contribution in [0, 0.1) is 0 Å². The van der Waals surface area contributed by atoms with Crippen LogP contribution in [0.5, 0.6) is 0 Å². The van der Waals surface area contributed by atoms with Gasteiger partial charge in [-0.05, 0) is 0 Å². The number of hydrogen-bond donors (Lipinski definition) is 3. The number of likely N-dealkylation sites (N-methyl/N-ethyl adjacent to an activating group) is 1. The van der Waals surface area contributed by atoms with Gasteiger partial charge in [0.05, 0.1) is 27.7 Å². The number of quaternary nitrogens is 1. The van der Waals surface area contributed by atoms with Crippen LogP contribution in [0.3, 0.4) is 0 Å². The molecule has 0 aliphatic rings. The van der Waals surface area contributed by atoms with E-state index in [0.29, 0.717) is 0 Å². The molecular weight excluding hydrogens is 261 g/mol. The van der Waals surface area contributed by atoms with E-state index < -0.39 is 7.82 Å². The van der Waals surface area contributed by atoms with Gasteiger partial charge in [0.2, 0.25) is 0 Å². The quantitative estimate of drug-likeness (QED) is 0.298. The molecule has 0 aromatic carbocycles. The molecule has 9 heteroatoms. The third-order valence-electron chi connectivity index (χ3n) is 0.771. The van der Waals surface area contributed by atoms with Crippen LogP contribution in [0.2, 0.25) is 0 Å². The minimum absolute atomic E-state index is 0.